The summed E-state index contributed by atoms with van der Waals surface area (Å²) in [6.07, 6.45) is 16.4. The van der Waals surface area contributed by atoms with Gasteiger partial charge in [-0.15, -0.1) is 0 Å². The van der Waals surface area contributed by atoms with Crippen LogP contribution in [0.1, 0.15) is 141 Å². The van der Waals surface area contributed by atoms with Crippen LogP contribution in [0.3, 0.4) is 0 Å². The Balaban J connectivity index is 0.00000306. The van der Waals surface area contributed by atoms with Gasteiger partial charge >= 0.3 is 16.5 Å². The Morgan fingerprint density at radius 1 is 0.537 bits per heavy atom. The molecule has 0 atom stereocenters. The third kappa shape index (κ3) is 12.0. The van der Waals surface area contributed by atoms with E-state index in [1.807, 2.05) is 0 Å². The van der Waals surface area contributed by atoms with Gasteiger partial charge in [0.25, 0.3) is 0 Å². The van der Waals surface area contributed by atoms with Crippen LogP contribution in [0.25, 0.3) is 16.9 Å². The summed E-state index contributed by atoms with van der Waals surface area (Å²) in [7, 11) is 0. The third-order valence-electron chi connectivity index (χ3n) is 7.49. The molecule has 0 spiro atoms. The predicted octanol–water partition coefficient (Wildman–Crippen LogP) is 12.4. The number of rotatable bonds is 16. The molecule has 0 fully saturated rings. The predicted molar refractivity (Wildman–Crippen MR) is 178 cm³/mol. The fraction of sp³-hybridized carbons (Fsp3) is 0.526. The van der Waals surface area contributed by atoms with Crippen molar-refractivity contribution in [1.82, 2.24) is 0 Å². The van der Waals surface area contributed by atoms with E-state index < -0.39 is 0 Å². The van der Waals surface area contributed by atoms with Crippen molar-refractivity contribution in [3.8, 4) is 0 Å². The van der Waals surface area contributed by atoms with Gasteiger partial charge in [0.15, 0.2) is 0 Å². The molecule has 0 bridgehead atoms. The van der Waals surface area contributed by atoms with Crippen molar-refractivity contribution in [2.45, 2.75) is 131 Å². The van der Waals surface area contributed by atoms with Gasteiger partial charge in [0, 0.05) is 22.3 Å². The van der Waals surface area contributed by atoms with Gasteiger partial charge in [-0.05, 0) is 86.8 Å². The molecule has 2 aromatic carbocycles. The maximum absolute atomic E-state index is 11.8. The number of aryl methyl sites for hydroxylation is 2. The first-order valence-corrected chi connectivity index (χ1v) is 16.2. The smallest absolute Gasteiger partial charge is 0.493 e. The van der Waals surface area contributed by atoms with Gasteiger partial charge in [-0.1, -0.05) is 90.5 Å². The topological polar surface area (TPSA) is 25.3 Å². The number of benzene rings is 2. The average molecular weight is 602 g/mol. The molecular formula is C38H58N2Ni. The molecule has 0 amide bonds. The summed E-state index contributed by atoms with van der Waals surface area (Å²) in [6.45, 7) is 19.0. The molecule has 0 aromatic heterocycles. The molecule has 0 N–H and O–H groups in total. The fourth-order valence-corrected chi connectivity index (χ4v) is 5.33. The van der Waals surface area contributed by atoms with Crippen LogP contribution in [0.2, 0.25) is 0 Å². The van der Waals surface area contributed by atoms with E-state index in [-0.39, 0.29) is 16.5 Å². The zero-order valence-corrected chi connectivity index (χ0v) is 28.1. The summed E-state index contributed by atoms with van der Waals surface area (Å²) in [6, 6.07) is 17.9. The van der Waals surface area contributed by atoms with Crippen LogP contribution in [-0.2, 0) is 29.3 Å². The molecule has 0 saturated carbocycles. The summed E-state index contributed by atoms with van der Waals surface area (Å²) < 4.78 is 1.53. The van der Waals surface area contributed by atoms with Crippen LogP contribution >= 0.6 is 0 Å². The average Bonchev–Trinajstić information content (AvgIpc) is 3.28. The Labute approximate surface area is 264 Å². The Hall–Kier alpha value is -1.99. The maximum atomic E-state index is 11.8. The van der Waals surface area contributed by atoms with Gasteiger partial charge in [-0.3, -0.25) is 0 Å². The normalized spacial score (nSPS) is 12.4. The van der Waals surface area contributed by atoms with E-state index in [4.69, 9.17) is 0 Å². The molecule has 0 radical (unpaired) electrons. The molecule has 1 aliphatic rings. The molecule has 0 aliphatic carbocycles. The van der Waals surface area contributed by atoms with E-state index in [2.05, 4.69) is 90.1 Å². The minimum Gasteiger partial charge on any atom is -0.493 e. The van der Waals surface area contributed by atoms with Crippen molar-refractivity contribution in [2.24, 2.45) is 0 Å². The molecule has 0 unspecified atom stereocenters. The molecule has 2 nitrogen and oxygen atoms in total. The van der Waals surface area contributed by atoms with Gasteiger partial charge in [0.1, 0.15) is 0 Å². The SMILES string of the molecule is CCCCCCc1cccc(C2=C(CCCC)C(CCCC)=C(c3ccc(CCCC)cc3)[N+]2=[N-])c1.[CH2-]C.[CH2-]C.[Ni+2]. The molecule has 1 heterocycles. The minimum absolute atomic E-state index is 0. The van der Waals surface area contributed by atoms with E-state index in [1.54, 1.807) is 13.8 Å². The van der Waals surface area contributed by atoms with Crippen LogP contribution in [0, 0.1) is 13.8 Å². The fourth-order valence-electron chi connectivity index (χ4n) is 5.33. The summed E-state index contributed by atoms with van der Waals surface area (Å²) >= 11 is 0. The van der Waals surface area contributed by atoms with Crippen LogP contribution in [0.4, 0.5) is 0 Å². The first-order valence-electron chi connectivity index (χ1n) is 16.2. The Morgan fingerprint density at radius 3 is 1.56 bits per heavy atom. The Kier molecular flexibility index (Phi) is 22.4. The number of allylic oxidation sites excluding steroid dienone is 2. The Morgan fingerprint density at radius 2 is 1.02 bits per heavy atom. The minimum atomic E-state index is 0. The second kappa shape index (κ2) is 23.6. The molecule has 1 aliphatic heterocycles. The van der Waals surface area contributed by atoms with Crippen molar-refractivity contribution >= 4 is 11.4 Å². The number of hydrogen-bond donors (Lipinski definition) is 0. The summed E-state index contributed by atoms with van der Waals surface area (Å²) in [5, 5.41) is 0. The van der Waals surface area contributed by atoms with Crippen molar-refractivity contribution < 1.29 is 21.2 Å². The van der Waals surface area contributed by atoms with Crippen LogP contribution in [0.15, 0.2) is 59.7 Å². The van der Waals surface area contributed by atoms with Gasteiger partial charge in [0.2, 0.25) is 11.4 Å². The van der Waals surface area contributed by atoms with Crippen molar-refractivity contribution in [2.75, 3.05) is 0 Å². The van der Waals surface area contributed by atoms with Crippen LogP contribution in [0.5, 0.6) is 0 Å². The molecule has 3 rings (SSSR count). The van der Waals surface area contributed by atoms with Gasteiger partial charge in [-0.25, -0.2) is 4.70 Å². The molecule has 0 saturated heterocycles. The van der Waals surface area contributed by atoms with Gasteiger partial charge in [-0.2, -0.15) is 13.8 Å². The van der Waals surface area contributed by atoms with Crippen LogP contribution < -0.4 is 0 Å². The zero-order valence-electron chi connectivity index (χ0n) is 27.1. The summed E-state index contributed by atoms with van der Waals surface area (Å²) in [5.41, 5.74) is 21.5. The van der Waals surface area contributed by atoms with Crippen molar-refractivity contribution in [3.05, 3.63) is 101 Å². The third-order valence-corrected chi connectivity index (χ3v) is 7.49. The maximum Gasteiger partial charge on any atom is 2.00 e. The van der Waals surface area contributed by atoms with Crippen molar-refractivity contribution in [1.29, 1.82) is 0 Å². The molecule has 2 aromatic rings. The zero-order chi connectivity index (χ0) is 29.8. The number of unbranched alkanes of at least 4 members (excludes halogenated alkanes) is 6. The quantitative estimate of drug-likeness (QED) is 0.0792. The largest absolute Gasteiger partial charge is 2.00 e. The first-order chi connectivity index (χ1) is 19.6. The van der Waals surface area contributed by atoms with E-state index in [1.165, 1.54) is 65.5 Å². The van der Waals surface area contributed by atoms with E-state index >= 15 is 0 Å². The second-order valence-corrected chi connectivity index (χ2v) is 10.5. The summed E-state index contributed by atoms with van der Waals surface area (Å²) in [4.78, 5) is 0. The standard InChI is InChI=1S/C34H48N2.2C2H5.Ni/c1-5-9-13-14-17-28-18-15-19-30(26-28)34-32(21-12-8-4)31(20-11-7-3)33(36(34)35)29-24-22-27(23-25-29)16-10-6-2;2*1-2;/h15,18-19,22-26H,5-14,16-17,20-21H2,1-4H3;2*1H2,2H3;/q;2*-1;+2. The van der Waals surface area contributed by atoms with Crippen LogP contribution in [-0.4, -0.2) is 4.70 Å². The molecule has 230 valence electrons. The summed E-state index contributed by atoms with van der Waals surface area (Å²) in [5.74, 6) is 0. The number of nitrogens with zero attached hydrogens (tertiary/aromatic N) is 2. The Bertz CT molecular complexity index is 1050. The van der Waals surface area contributed by atoms with Gasteiger partial charge in [0.05, 0.1) is 0 Å². The van der Waals surface area contributed by atoms with Gasteiger partial charge < -0.3 is 19.4 Å². The van der Waals surface area contributed by atoms with Crippen molar-refractivity contribution in [3.63, 3.8) is 0 Å². The molecular weight excluding hydrogens is 543 g/mol. The monoisotopic (exact) mass is 600 g/mol. The first kappa shape index (κ1) is 39.0. The number of hydrogen-bond acceptors (Lipinski definition) is 0. The molecule has 41 heavy (non-hydrogen) atoms. The van der Waals surface area contributed by atoms with E-state index in [9.17, 15) is 5.53 Å². The second-order valence-electron chi connectivity index (χ2n) is 10.5. The van der Waals surface area contributed by atoms with E-state index in [0.29, 0.717) is 0 Å². The molecule has 3 heteroatoms. The van der Waals surface area contributed by atoms with E-state index in [0.717, 1.165) is 73.9 Å².